The fourth-order valence-corrected chi connectivity index (χ4v) is 5.19. The highest BCUT2D eigenvalue weighted by atomic mass is 19.4. The summed E-state index contributed by atoms with van der Waals surface area (Å²) >= 11 is 0. The van der Waals surface area contributed by atoms with Gasteiger partial charge in [0, 0.05) is 63.3 Å². The fourth-order valence-electron chi connectivity index (χ4n) is 5.19. The third-order valence-corrected chi connectivity index (χ3v) is 7.18. The highest BCUT2D eigenvalue weighted by molar-refractivity contribution is 6.00. The van der Waals surface area contributed by atoms with Gasteiger partial charge in [0.2, 0.25) is 0 Å². The second kappa shape index (κ2) is 8.84. The van der Waals surface area contributed by atoms with E-state index in [0.717, 1.165) is 30.6 Å². The molecule has 1 aliphatic carbocycles. The Bertz CT molecular complexity index is 1290. The Kier molecular flexibility index (Phi) is 5.93. The number of halogens is 3. The number of carbonyl (C=O) groups excluding carboxylic acids is 2. The highest BCUT2D eigenvalue weighted by Gasteiger charge is 2.55. The Morgan fingerprint density at radius 2 is 2.00 bits per heavy atom. The van der Waals surface area contributed by atoms with E-state index in [9.17, 15) is 22.8 Å². The van der Waals surface area contributed by atoms with Crippen LogP contribution < -0.4 is 5.32 Å². The summed E-state index contributed by atoms with van der Waals surface area (Å²) < 4.78 is 47.6. The topological polar surface area (TPSA) is 84.1 Å². The number of hydrogen-bond acceptors (Lipinski definition) is 4. The molecule has 0 unspecified atom stereocenters. The van der Waals surface area contributed by atoms with Crippen molar-refractivity contribution < 1.29 is 27.5 Å². The number of alkyl halides is 3. The van der Waals surface area contributed by atoms with Gasteiger partial charge >= 0.3 is 12.2 Å². The minimum absolute atomic E-state index is 0.0323. The van der Waals surface area contributed by atoms with E-state index in [2.05, 4.69) is 10.4 Å². The molecule has 2 aliphatic rings. The second-order valence-corrected chi connectivity index (χ2v) is 9.65. The number of nitrogens with zero attached hydrogens (tertiary/aromatic N) is 5. The van der Waals surface area contributed by atoms with Gasteiger partial charge in [0.1, 0.15) is 11.2 Å². The van der Waals surface area contributed by atoms with Crippen LogP contribution in [0.1, 0.15) is 28.8 Å². The predicted octanol–water partition coefficient (Wildman–Crippen LogP) is 3.57. The number of likely N-dealkylation sites (tertiary alicyclic amines) is 1. The molecule has 2 aromatic heterocycles. The number of rotatable bonds is 6. The monoisotopic (exact) mass is 504 g/mol. The van der Waals surface area contributed by atoms with E-state index in [1.54, 1.807) is 36.0 Å². The lowest BCUT2D eigenvalue weighted by atomic mass is 9.60. The van der Waals surface area contributed by atoms with Crippen molar-refractivity contribution in [2.45, 2.75) is 31.6 Å². The second-order valence-electron chi connectivity index (χ2n) is 9.65. The number of amides is 3. The number of ether oxygens (including phenoxy) is 1. The van der Waals surface area contributed by atoms with E-state index in [1.165, 1.54) is 17.0 Å². The van der Waals surface area contributed by atoms with Crippen molar-refractivity contribution in [3.8, 4) is 0 Å². The molecule has 1 saturated heterocycles. The zero-order chi connectivity index (χ0) is 25.7. The minimum atomic E-state index is -4.48. The number of carbonyl (C=O) groups is 2. The molecule has 1 aliphatic heterocycles. The zero-order valence-electron chi connectivity index (χ0n) is 20.0. The average Bonchev–Trinajstić information content (AvgIpc) is 3.37. The van der Waals surface area contributed by atoms with Crippen molar-refractivity contribution in [3.05, 3.63) is 54.0 Å². The normalized spacial score (nSPS) is 17.2. The molecule has 5 rings (SSSR count). The third-order valence-electron chi connectivity index (χ3n) is 7.18. The Balaban J connectivity index is 1.15. The highest BCUT2D eigenvalue weighted by Crippen LogP contribution is 2.50. The third kappa shape index (κ3) is 4.29. The zero-order valence-corrected chi connectivity index (χ0v) is 20.0. The van der Waals surface area contributed by atoms with Crippen LogP contribution in [0, 0.1) is 5.41 Å². The van der Waals surface area contributed by atoms with E-state index >= 15 is 0 Å². The van der Waals surface area contributed by atoms with Crippen LogP contribution >= 0.6 is 0 Å². The summed E-state index contributed by atoms with van der Waals surface area (Å²) in [6.07, 6.45) is 2.24. The molecule has 0 bridgehead atoms. The van der Waals surface area contributed by atoms with Crippen LogP contribution in [0.25, 0.3) is 5.65 Å². The van der Waals surface area contributed by atoms with E-state index in [1.807, 2.05) is 10.8 Å². The Morgan fingerprint density at radius 3 is 2.69 bits per heavy atom. The number of urea groups is 1. The van der Waals surface area contributed by atoms with Crippen LogP contribution in [-0.4, -0.2) is 75.8 Å². The van der Waals surface area contributed by atoms with Gasteiger partial charge in [-0.25, -0.2) is 9.31 Å². The molecule has 3 amide bonds. The van der Waals surface area contributed by atoms with Crippen LogP contribution in [0.3, 0.4) is 0 Å². The molecule has 2 fully saturated rings. The van der Waals surface area contributed by atoms with Crippen molar-refractivity contribution in [2.24, 2.45) is 5.41 Å². The van der Waals surface area contributed by atoms with Gasteiger partial charge in [0.05, 0.1) is 18.4 Å². The summed E-state index contributed by atoms with van der Waals surface area (Å²) in [5.74, 6) is -0.0768. The minimum Gasteiger partial charge on any atom is -0.383 e. The van der Waals surface area contributed by atoms with Crippen LogP contribution in [0.4, 0.5) is 23.7 Å². The first-order valence-corrected chi connectivity index (χ1v) is 11.6. The molecule has 1 aromatic carbocycles. The first-order chi connectivity index (χ1) is 17.1. The van der Waals surface area contributed by atoms with E-state index < -0.39 is 17.8 Å². The maximum atomic E-state index is 13.2. The summed E-state index contributed by atoms with van der Waals surface area (Å²) in [5, 5.41) is 6.83. The first kappa shape index (κ1) is 24.2. The van der Waals surface area contributed by atoms with Crippen molar-refractivity contribution in [1.29, 1.82) is 0 Å². The van der Waals surface area contributed by atoms with Crippen molar-refractivity contribution in [1.82, 2.24) is 24.0 Å². The summed E-state index contributed by atoms with van der Waals surface area (Å²) in [6, 6.07) is 4.08. The molecule has 192 valence electrons. The number of benzene rings is 1. The van der Waals surface area contributed by atoms with Crippen LogP contribution in [0.5, 0.6) is 0 Å². The molecule has 12 heteroatoms. The number of anilines is 1. The van der Waals surface area contributed by atoms with Gasteiger partial charge in [-0.2, -0.15) is 18.3 Å². The van der Waals surface area contributed by atoms with Gasteiger partial charge in [-0.15, -0.1) is 0 Å². The lowest BCUT2D eigenvalue weighted by Crippen LogP contribution is -2.67. The molecular formula is C24H27F3N6O3. The molecule has 0 radical (unpaired) electrons. The Hall–Kier alpha value is -3.54. The number of nitrogens with one attached hydrogen (secondary N) is 1. The number of imidazole rings is 1. The molecule has 1 saturated carbocycles. The van der Waals surface area contributed by atoms with Gasteiger partial charge < -0.3 is 24.4 Å². The van der Waals surface area contributed by atoms with Crippen LogP contribution in [0.2, 0.25) is 0 Å². The standard InChI is InChI=1S/C24H27F3N6O3/c1-30(22(35)29-17-5-3-4-16(10-17)24(25,26)27)18-11-23(12-18)14-32(15-23)21(34)19-13-28-33-7-6-31(20(19)33)8-9-36-2/h3-7,10,13,18H,8-9,11-12,14-15H2,1-2H3,(H,29,35). The van der Waals surface area contributed by atoms with Crippen molar-refractivity contribution in [2.75, 3.05) is 39.2 Å². The summed E-state index contributed by atoms with van der Waals surface area (Å²) in [4.78, 5) is 29.1. The van der Waals surface area contributed by atoms with E-state index in [4.69, 9.17) is 4.74 Å². The van der Waals surface area contributed by atoms with Crippen molar-refractivity contribution in [3.63, 3.8) is 0 Å². The average molecular weight is 505 g/mol. The van der Waals surface area contributed by atoms with Gasteiger partial charge in [-0.05, 0) is 31.0 Å². The van der Waals surface area contributed by atoms with E-state index in [-0.39, 0.29) is 23.1 Å². The molecule has 0 atom stereocenters. The largest absolute Gasteiger partial charge is 0.416 e. The first-order valence-electron chi connectivity index (χ1n) is 11.6. The Morgan fingerprint density at radius 1 is 1.25 bits per heavy atom. The lowest BCUT2D eigenvalue weighted by Gasteiger charge is -2.60. The predicted molar refractivity (Wildman–Crippen MR) is 125 cm³/mol. The quantitative estimate of drug-likeness (QED) is 0.557. The molecule has 36 heavy (non-hydrogen) atoms. The van der Waals surface area contributed by atoms with Gasteiger partial charge in [-0.1, -0.05) is 6.07 Å². The summed E-state index contributed by atoms with van der Waals surface area (Å²) in [5.41, 5.74) is 0.523. The summed E-state index contributed by atoms with van der Waals surface area (Å²) in [7, 11) is 3.26. The fraction of sp³-hybridized carbons (Fsp3) is 0.458. The molecule has 9 nitrogen and oxygen atoms in total. The SMILES string of the molecule is COCCn1ccn2ncc(C(=O)N3CC4(CC(N(C)C(=O)Nc5cccc(C(F)(F)F)c5)C4)C3)c12. The maximum Gasteiger partial charge on any atom is 0.416 e. The number of fused-ring (bicyclic) bond motifs is 1. The number of methoxy groups -OCH3 is 1. The molecular weight excluding hydrogens is 477 g/mol. The molecule has 3 aromatic rings. The molecule has 1 N–H and O–H groups in total. The number of hydrogen-bond donors (Lipinski definition) is 1. The van der Waals surface area contributed by atoms with E-state index in [0.29, 0.717) is 31.8 Å². The summed E-state index contributed by atoms with van der Waals surface area (Å²) in [6.45, 7) is 2.33. The number of aromatic nitrogens is 3. The van der Waals surface area contributed by atoms with Gasteiger partial charge in [-0.3, -0.25) is 4.79 Å². The van der Waals surface area contributed by atoms with Crippen LogP contribution in [0.15, 0.2) is 42.9 Å². The Labute approximate surface area is 205 Å². The molecule has 3 heterocycles. The van der Waals surface area contributed by atoms with Gasteiger partial charge in [0.15, 0.2) is 0 Å². The maximum absolute atomic E-state index is 13.2. The molecule has 1 spiro atoms. The smallest absolute Gasteiger partial charge is 0.383 e. The van der Waals surface area contributed by atoms with Crippen LogP contribution in [-0.2, 0) is 17.5 Å². The van der Waals surface area contributed by atoms with Gasteiger partial charge in [0.25, 0.3) is 5.91 Å². The lowest BCUT2D eigenvalue weighted by molar-refractivity contribution is -0.137. The van der Waals surface area contributed by atoms with Crippen molar-refractivity contribution >= 4 is 23.3 Å².